The van der Waals surface area contributed by atoms with Gasteiger partial charge in [-0.2, -0.15) is 0 Å². The lowest BCUT2D eigenvalue weighted by Gasteiger charge is -2.29. The molecule has 1 N–H and O–H groups in total. The van der Waals surface area contributed by atoms with Gasteiger partial charge in [-0.05, 0) is 51.1 Å². The van der Waals surface area contributed by atoms with Crippen LogP contribution < -0.4 is 0 Å². The number of nitrogens with zero attached hydrogens (tertiary/aromatic N) is 1. The van der Waals surface area contributed by atoms with Crippen molar-refractivity contribution in [3.8, 4) is 0 Å². The van der Waals surface area contributed by atoms with Crippen LogP contribution in [0, 0.1) is 5.92 Å². The normalized spacial score (nSPS) is 36.7. The monoisotopic (exact) mass is 183 g/mol. The van der Waals surface area contributed by atoms with Gasteiger partial charge in [0, 0.05) is 6.54 Å². The Balaban J connectivity index is 1.73. The first-order valence-electron chi connectivity index (χ1n) is 5.75. The molecule has 0 radical (unpaired) electrons. The van der Waals surface area contributed by atoms with Gasteiger partial charge < -0.3 is 10.0 Å². The molecule has 0 aromatic rings. The Labute approximate surface area is 80.9 Å². The SMILES string of the molecule is OC1CCCC(CN2CCCC2)C1. The van der Waals surface area contributed by atoms with Crippen molar-refractivity contribution in [2.75, 3.05) is 19.6 Å². The fraction of sp³-hybridized carbons (Fsp3) is 1.00. The zero-order valence-electron chi connectivity index (χ0n) is 8.41. The van der Waals surface area contributed by atoms with Gasteiger partial charge in [0.05, 0.1) is 6.10 Å². The predicted octanol–water partition coefficient (Wildman–Crippen LogP) is 1.63. The van der Waals surface area contributed by atoms with Crippen LogP contribution >= 0.6 is 0 Å². The molecule has 2 atom stereocenters. The van der Waals surface area contributed by atoms with Crippen LogP contribution in [0.5, 0.6) is 0 Å². The van der Waals surface area contributed by atoms with Gasteiger partial charge in [-0.1, -0.05) is 6.42 Å². The van der Waals surface area contributed by atoms with E-state index >= 15 is 0 Å². The lowest BCUT2D eigenvalue weighted by Crippen LogP contribution is -2.31. The van der Waals surface area contributed by atoms with E-state index in [-0.39, 0.29) is 6.10 Å². The quantitative estimate of drug-likeness (QED) is 0.703. The molecule has 1 saturated heterocycles. The zero-order chi connectivity index (χ0) is 9.10. The average Bonchev–Trinajstić information content (AvgIpc) is 2.57. The summed E-state index contributed by atoms with van der Waals surface area (Å²) >= 11 is 0. The van der Waals surface area contributed by atoms with E-state index in [0.717, 1.165) is 18.8 Å². The highest BCUT2D eigenvalue weighted by atomic mass is 16.3. The maximum atomic E-state index is 9.53. The molecular weight excluding hydrogens is 162 g/mol. The Bertz CT molecular complexity index is 154. The predicted molar refractivity (Wildman–Crippen MR) is 53.6 cm³/mol. The Hall–Kier alpha value is -0.0800. The van der Waals surface area contributed by atoms with Crippen LogP contribution in [0.15, 0.2) is 0 Å². The van der Waals surface area contributed by atoms with E-state index in [0.29, 0.717) is 0 Å². The second-order valence-corrected chi connectivity index (χ2v) is 4.69. The number of likely N-dealkylation sites (tertiary alicyclic amines) is 1. The Morgan fingerprint density at radius 1 is 1.08 bits per heavy atom. The zero-order valence-corrected chi connectivity index (χ0v) is 8.41. The molecular formula is C11H21NO. The fourth-order valence-corrected chi connectivity index (χ4v) is 2.76. The lowest BCUT2D eigenvalue weighted by molar-refractivity contribution is 0.0878. The smallest absolute Gasteiger partial charge is 0.0543 e. The van der Waals surface area contributed by atoms with Gasteiger partial charge in [-0.25, -0.2) is 0 Å². The van der Waals surface area contributed by atoms with Crippen LogP contribution in [0.1, 0.15) is 38.5 Å². The molecule has 0 aromatic carbocycles. The van der Waals surface area contributed by atoms with Crippen molar-refractivity contribution in [2.24, 2.45) is 5.92 Å². The summed E-state index contributed by atoms with van der Waals surface area (Å²) in [6.07, 6.45) is 7.44. The van der Waals surface area contributed by atoms with Gasteiger partial charge in [0.25, 0.3) is 0 Å². The van der Waals surface area contributed by atoms with E-state index in [1.54, 1.807) is 0 Å². The topological polar surface area (TPSA) is 23.5 Å². The van der Waals surface area contributed by atoms with E-state index in [4.69, 9.17) is 0 Å². The van der Waals surface area contributed by atoms with E-state index in [1.807, 2.05) is 0 Å². The van der Waals surface area contributed by atoms with Crippen LogP contribution in [0.2, 0.25) is 0 Å². The maximum absolute atomic E-state index is 9.53. The summed E-state index contributed by atoms with van der Waals surface area (Å²) in [5.41, 5.74) is 0. The number of hydrogen-bond donors (Lipinski definition) is 1. The minimum atomic E-state index is 0.00125. The summed E-state index contributed by atoms with van der Waals surface area (Å²) in [6.45, 7) is 3.84. The van der Waals surface area contributed by atoms with Crippen molar-refractivity contribution in [2.45, 2.75) is 44.6 Å². The van der Waals surface area contributed by atoms with Gasteiger partial charge in [-0.3, -0.25) is 0 Å². The first-order valence-corrected chi connectivity index (χ1v) is 5.75. The molecule has 1 heterocycles. The fourth-order valence-electron chi connectivity index (χ4n) is 2.76. The first kappa shape index (κ1) is 9.47. The van der Waals surface area contributed by atoms with Crippen molar-refractivity contribution in [3.05, 3.63) is 0 Å². The molecule has 0 spiro atoms. The highest BCUT2D eigenvalue weighted by molar-refractivity contribution is 4.77. The summed E-state index contributed by atoms with van der Waals surface area (Å²) in [5, 5.41) is 9.53. The van der Waals surface area contributed by atoms with Crippen LogP contribution in [-0.4, -0.2) is 35.7 Å². The largest absolute Gasteiger partial charge is 0.393 e. The Morgan fingerprint density at radius 2 is 1.85 bits per heavy atom. The van der Waals surface area contributed by atoms with E-state index < -0.39 is 0 Å². The number of aliphatic hydroxyl groups is 1. The van der Waals surface area contributed by atoms with E-state index in [1.165, 1.54) is 45.3 Å². The minimum Gasteiger partial charge on any atom is -0.393 e. The van der Waals surface area contributed by atoms with Crippen LogP contribution in [0.4, 0.5) is 0 Å². The van der Waals surface area contributed by atoms with Crippen LogP contribution in [0.3, 0.4) is 0 Å². The van der Waals surface area contributed by atoms with Gasteiger partial charge in [-0.15, -0.1) is 0 Å². The molecule has 76 valence electrons. The molecule has 0 amide bonds. The second-order valence-electron chi connectivity index (χ2n) is 4.69. The van der Waals surface area contributed by atoms with Gasteiger partial charge in [0.2, 0.25) is 0 Å². The molecule has 0 bridgehead atoms. The van der Waals surface area contributed by atoms with Crippen LogP contribution in [0.25, 0.3) is 0 Å². The number of hydrogen-bond acceptors (Lipinski definition) is 2. The molecule has 0 aromatic heterocycles. The standard InChI is InChI=1S/C11H21NO/c13-11-5-3-4-10(8-11)9-12-6-1-2-7-12/h10-11,13H,1-9H2. The first-order chi connectivity index (χ1) is 6.34. The molecule has 2 unspecified atom stereocenters. The molecule has 1 aliphatic heterocycles. The Kier molecular flexibility index (Phi) is 3.23. The highest BCUT2D eigenvalue weighted by Crippen LogP contribution is 2.25. The third-order valence-electron chi connectivity index (χ3n) is 3.47. The van der Waals surface area contributed by atoms with Gasteiger partial charge in [0.1, 0.15) is 0 Å². The van der Waals surface area contributed by atoms with Gasteiger partial charge >= 0.3 is 0 Å². The molecule has 2 aliphatic rings. The Morgan fingerprint density at radius 3 is 2.54 bits per heavy atom. The number of aliphatic hydroxyl groups excluding tert-OH is 1. The summed E-state index contributed by atoms with van der Waals surface area (Å²) in [4.78, 5) is 2.57. The summed E-state index contributed by atoms with van der Waals surface area (Å²) in [5.74, 6) is 0.779. The molecule has 2 nitrogen and oxygen atoms in total. The molecule has 1 saturated carbocycles. The molecule has 1 aliphatic carbocycles. The van der Waals surface area contributed by atoms with E-state index in [9.17, 15) is 5.11 Å². The highest BCUT2D eigenvalue weighted by Gasteiger charge is 2.23. The summed E-state index contributed by atoms with van der Waals surface area (Å²) < 4.78 is 0. The molecule has 2 heteroatoms. The van der Waals surface area contributed by atoms with E-state index in [2.05, 4.69) is 4.90 Å². The van der Waals surface area contributed by atoms with Crippen molar-refractivity contribution in [1.82, 2.24) is 4.90 Å². The van der Waals surface area contributed by atoms with Gasteiger partial charge in [0.15, 0.2) is 0 Å². The van der Waals surface area contributed by atoms with Crippen molar-refractivity contribution in [1.29, 1.82) is 0 Å². The van der Waals surface area contributed by atoms with Crippen molar-refractivity contribution < 1.29 is 5.11 Å². The molecule has 2 rings (SSSR count). The van der Waals surface area contributed by atoms with Crippen molar-refractivity contribution in [3.63, 3.8) is 0 Å². The molecule has 13 heavy (non-hydrogen) atoms. The third kappa shape index (κ3) is 2.68. The lowest BCUT2D eigenvalue weighted by atomic mass is 9.87. The molecule has 2 fully saturated rings. The van der Waals surface area contributed by atoms with Crippen LogP contribution in [-0.2, 0) is 0 Å². The second kappa shape index (κ2) is 4.43. The minimum absolute atomic E-state index is 0.00125. The van der Waals surface area contributed by atoms with Crippen molar-refractivity contribution >= 4 is 0 Å². The average molecular weight is 183 g/mol. The summed E-state index contributed by atoms with van der Waals surface area (Å²) in [6, 6.07) is 0. The number of rotatable bonds is 2. The summed E-state index contributed by atoms with van der Waals surface area (Å²) in [7, 11) is 0. The third-order valence-corrected chi connectivity index (χ3v) is 3.47. The maximum Gasteiger partial charge on any atom is 0.0543 e.